The second kappa shape index (κ2) is 5.73. The number of nitrogens with zero attached hydrogens (tertiary/aromatic N) is 1. The summed E-state index contributed by atoms with van der Waals surface area (Å²) in [5.74, 6) is 0.0437. The topological polar surface area (TPSA) is 54.0 Å². The van der Waals surface area contributed by atoms with Crippen molar-refractivity contribution in [3.63, 3.8) is 0 Å². The first-order valence-corrected chi connectivity index (χ1v) is 7.62. The number of hydrogen-bond donors (Lipinski definition) is 2. The molecule has 1 aromatic carbocycles. The van der Waals surface area contributed by atoms with E-state index in [2.05, 4.69) is 27.8 Å². The summed E-state index contributed by atoms with van der Waals surface area (Å²) < 4.78 is 0. The van der Waals surface area contributed by atoms with E-state index in [4.69, 9.17) is 0 Å². The van der Waals surface area contributed by atoms with Crippen molar-refractivity contribution >= 4 is 17.2 Å². The van der Waals surface area contributed by atoms with Gasteiger partial charge in [0.15, 0.2) is 0 Å². The van der Waals surface area contributed by atoms with Crippen molar-refractivity contribution in [1.82, 2.24) is 15.6 Å². The molecule has 0 saturated heterocycles. The van der Waals surface area contributed by atoms with Crippen LogP contribution in [0.2, 0.25) is 0 Å². The van der Waals surface area contributed by atoms with Crippen molar-refractivity contribution in [3.05, 3.63) is 52.0 Å². The molecule has 0 radical (unpaired) electrons. The number of hydrogen-bond acceptors (Lipinski definition) is 4. The number of aromatic nitrogens is 1. The van der Waals surface area contributed by atoms with Gasteiger partial charge in [0.25, 0.3) is 0 Å². The molecular weight excluding hydrogens is 270 g/mol. The summed E-state index contributed by atoms with van der Waals surface area (Å²) in [5.41, 5.74) is 2.54. The third kappa shape index (κ3) is 2.73. The number of carbonyl (C=O) groups is 1. The molecule has 20 heavy (non-hydrogen) atoms. The fourth-order valence-corrected chi connectivity index (χ4v) is 3.11. The minimum atomic E-state index is -0.160. The SMILES string of the molecule is CC(NC(=O)C1Cc2ccccc2CN1)c1nccs1. The van der Waals surface area contributed by atoms with Crippen LogP contribution in [0.15, 0.2) is 35.8 Å². The van der Waals surface area contributed by atoms with Gasteiger partial charge in [0.05, 0.1) is 12.1 Å². The number of nitrogens with one attached hydrogen (secondary N) is 2. The van der Waals surface area contributed by atoms with Crippen molar-refractivity contribution < 1.29 is 4.79 Å². The molecule has 3 rings (SSSR count). The zero-order valence-electron chi connectivity index (χ0n) is 11.3. The van der Waals surface area contributed by atoms with E-state index >= 15 is 0 Å². The standard InChI is InChI=1S/C15H17N3OS/c1-10(15-16-6-7-20-15)18-14(19)13-8-11-4-2-3-5-12(11)9-17-13/h2-7,10,13,17H,8-9H2,1H3,(H,18,19). The Hall–Kier alpha value is -1.72. The normalized spacial score (nSPS) is 19.1. The summed E-state index contributed by atoms with van der Waals surface area (Å²) >= 11 is 1.56. The molecule has 2 atom stereocenters. The Balaban J connectivity index is 1.64. The van der Waals surface area contributed by atoms with Gasteiger partial charge < -0.3 is 10.6 Å². The summed E-state index contributed by atoms with van der Waals surface area (Å²) in [5, 5.41) is 9.19. The Morgan fingerprint density at radius 1 is 1.45 bits per heavy atom. The molecule has 0 fully saturated rings. The molecule has 2 heterocycles. The highest BCUT2D eigenvalue weighted by molar-refractivity contribution is 7.09. The molecule has 0 spiro atoms. The summed E-state index contributed by atoms with van der Waals surface area (Å²) in [4.78, 5) is 16.6. The van der Waals surface area contributed by atoms with Crippen LogP contribution in [-0.4, -0.2) is 16.9 Å². The lowest BCUT2D eigenvalue weighted by atomic mass is 9.95. The Bertz CT molecular complexity index is 597. The quantitative estimate of drug-likeness (QED) is 0.908. The Kier molecular flexibility index (Phi) is 3.80. The Labute approximate surface area is 122 Å². The third-order valence-electron chi connectivity index (χ3n) is 3.58. The highest BCUT2D eigenvalue weighted by Gasteiger charge is 2.25. The van der Waals surface area contributed by atoms with Crippen molar-refractivity contribution in [2.45, 2.75) is 32.0 Å². The summed E-state index contributed by atoms with van der Waals surface area (Å²) in [6.45, 7) is 2.72. The van der Waals surface area contributed by atoms with Crippen LogP contribution in [0.25, 0.3) is 0 Å². The van der Waals surface area contributed by atoms with Crippen LogP contribution in [-0.2, 0) is 17.8 Å². The number of fused-ring (bicyclic) bond motifs is 1. The van der Waals surface area contributed by atoms with Crippen molar-refractivity contribution in [3.8, 4) is 0 Å². The number of benzene rings is 1. The first kappa shape index (κ1) is 13.3. The van der Waals surface area contributed by atoms with Crippen LogP contribution < -0.4 is 10.6 Å². The maximum Gasteiger partial charge on any atom is 0.238 e. The minimum Gasteiger partial charge on any atom is -0.346 e. The van der Waals surface area contributed by atoms with E-state index in [0.717, 1.165) is 18.0 Å². The molecule has 2 aromatic rings. The van der Waals surface area contributed by atoms with E-state index in [-0.39, 0.29) is 18.0 Å². The summed E-state index contributed by atoms with van der Waals surface area (Å²) in [6, 6.07) is 8.06. The molecule has 0 aliphatic carbocycles. The molecule has 0 saturated carbocycles. The largest absolute Gasteiger partial charge is 0.346 e. The van der Waals surface area contributed by atoms with E-state index in [0.29, 0.717) is 0 Å². The van der Waals surface area contributed by atoms with E-state index in [9.17, 15) is 4.79 Å². The Morgan fingerprint density at radius 2 is 2.25 bits per heavy atom. The molecule has 1 aliphatic rings. The van der Waals surface area contributed by atoms with Crippen LogP contribution in [0.4, 0.5) is 0 Å². The maximum atomic E-state index is 12.3. The van der Waals surface area contributed by atoms with Crippen molar-refractivity contribution in [1.29, 1.82) is 0 Å². The van der Waals surface area contributed by atoms with Crippen LogP contribution in [0, 0.1) is 0 Å². The predicted octanol–water partition coefficient (Wildman–Crippen LogP) is 2.03. The fourth-order valence-electron chi connectivity index (χ4n) is 2.46. The molecule has 1 aromatic heterocycles. The van der Waals surface area contributed by atoms with Gasteiger partial charge in [0.2, 0.25) is 5.91 Å². The number of rotatable bonds is 3. The number of carbonyl (C=O) groups excluding carboxylic acids is 1. The molecule has 5 heteroatoms. The molecule has 0 bridgehead atoms. The van der Waals surface area contributed by atoms with E-state index in [1.807, 2.05) is 24.4 Å². The van der Waals surface area contributed by atoms with Gasteiger partial charge in [-0.2, -0.15) is 0 Å². The second-order valence-electron chi connectivity index (χ2n) is 5.01. The summed E-state index contributed by atoms with van der Waals surface area (Å²) in [6.07, 6.45) is 2.50. The molecule has 2 N–H and O–H groups in total. The van der Waals surface area contributed by atoms with Gasteiger partial charge in [0.1, 0.15) is 5.01 Å². The van der Waals surface area contributed by atoms with Crippen LogP contribution in [0.3, 0.4) is 0 Å². The fraction of sp³-hybridized carbons (Fsp3) is 0.333. The van der Waals surface area contributed by atoms with Gasteiger partial charge in [-0.05, 0) is 24.5 Å². The zero-order chi connectivity index (χ0) is 13.9. The molecule has 4 nitrogen and oxygen atoms in total. The molecular formula is C15H17N3OS. The highest BCUT2D eigenvalue weighted by Crippen LogP contribution is 2.18. The average Bonchev–Trinajstić information content (AvgIpc) is 3.01. The molecule has 2 unspecified atom stereocenters. The summed E-state index contributed by atoms with van der Waals surface area (Å²) in [7, 11) is 0. The minimum absolute atomic E-state index is 0.0403. The second-order valence-corrected chi connectivity index (χ2v) is 5.93. The van der Waals surface area contributed by atoms with Gasteiger partial charge in [-0.1, -0.05) is 24.3 Å². The lowest BCUT2D eigenvalue weighted by molar-refractivity contribution is -0.124. The third-order valence-corrected chi connectivity index (χ3v) is 4.54. The first-order chi connectivity index (χ1) is 9.74. The van der Waals surface area contributed by atoms with Gasteiger partial charge >= 0.3 is 0 Å². The lowest BCUT2D eigenvalue weighted by Crippen LogP contribution is -2.48. The average molecular weight is 287 g/mol. The van der Waals surface area contributed by atoms with Crippen LogP contribution >= 0.6 is 11.3 Å². The lowest BCUT2D eigenvalue weighted by Gasteiger charge is -2.26. The molecule has 1 amide bonds. The molecule has 1 aliphatic heterocycles. The van der Waals surface area contributed by atoms with Gasteiger partial charge in [0, 0.05) is 18.1 Å². The number of amides is 1. The molecule has 104 valence electrons. The van der Waals surface area contributed by atoms with Gasteiger partial charge in [-0.25, -0.2) is 4.98 Å². The zero-order valence-corrected chi connectivity index (χ0v) is 12.1. The van der Waals surface area contributed by atoms with Crippen LogP contribution in [0.1, 0.15) is 29.1 Å². The van der Waals surface area contributed by atoms with Gasteiger partial charge in [-0.3, -0.25) is 4.79 Å². The van der Waals surface area contributed by atoms with E-state index < -0.39 is 0 Å². The maximum absolute atomic E-state index is 12.3. The van der Waals surface area contributed by atoms with Crippen molar-refractivity contribution in [2.75, 3.05) is 0 Å². The van der Waals surface area contributed by atoms with E-state index in [1.165, 1.54) is 11.1 Å². The predicted molar refractivity (Wildman–Crippen MR) is 79.4 cm³/mol. The smallest absolute Gasteiger partial charge is 0.238 e. The van der Waals surface area contributed by atoms with Gasteiger partial charge in [-0.15, -0.1) is 11.3 Å². The number of thiazole rings is 1. The monoisotopic (exact) mass is 287 g/mol. The van der Waals surface area contributed by atoms with E-state index in [1.54, 1.807) is 17.5 Å². The highest BCUT2D eigenvalue weighted by atomic mass is 32.1. The van der Waals surface area contributed by atoms with Crippen LogP contribution in [0.5, 0.6) is 0 Å². The Morgan fingerprint density at radius 3 is 3.00 bits per heavy atom. The van der Waals surface area contributed by atoms with Crippen molar-refractivity contribution in [2.24, 2.45) is 0 Å². The first-order valence-electron chi connectivity index (χ1n) is 6.74.